The molecule has 1 heterocycles. The largest absolute Gasteiger partial charge is 0.382 e. The Balaban J connectivity index is 0.00000625. The number of aliphatic imine (C=N–C) groups is 1. The van der Waals surface area contributed by atoms with Crippen molar-refractivity contribution in [2.45, 2.75) is 46.6 Å². The summed E-state index contributed by atoms with van der Waals surface area (Å²) < 4.78 is 16.5. The van der Waals surface area contributed by atoms with Crippen molar-refractivity contribution in [2.24, 2.45) is 16.8 Å². The van der Waals surface area contributed by atoms with Gasteiger partial charge in [-0.2, -0.15) is 0 Å². The number of halogens is 1. The molecule has 1 aliphatic rings. The predicted octanol–water partition coefficient (Wildman–Crippen LogP) is 3.01. The second-order valence-electron chi connectivity index (χ2n) is 6.93. The third-order valence-corrected chi connectivity index (χ3v) is 4.51. The van der Waals surface area contributed by atoms with Crippen LogP contribution in [-0.2, 0) is 14.2 Å². The lowest BCUT2D eigenvalue weighted by Gasteiger charge is -2.23. The van der Waals surface area contributed by atoms with Gasteiger partial charge in [0.2, 0.25) is 0 Å². The minimum atomic E-state index is 0. The first-order valence-electron chi connectivity index (χ1n) is 9.83. The van der Waals surface area contributed by atoms with Gasteiger partial charge in [0.15, 0.2) is 5.96 Å². The number of methoxy groups -OCH3 is 1. The van der Waals surface area contributed by atoms with Crippen molar-refractivity contribution in [2.75, 3.05) is 59.7 Å². The standard InChI is InChI=1S/C19H39N3O3.HI/c1-6-20-19(21-10-8-18(16(3)4)25-7-2)22-11-9-17(14-22)15-24-13-12-23-5;/h16-18H,6-15H2,1-5H3,(H,20,21);1H. The molecule has 0 aromatic heterocycles. The number of hydrogen-bond acceptors (Lipinski definition) is 4. The van der Waals surface area contributed by atoms with Gasteiger partial charge in [0.05, 0.1) is 25.9 Å². The summed E-state index contributed by atoms with van der Waals surface area (Å²) in [5, 5.41) is 3.43. The lowest BCUT2D eigenvalue weighted by atomic mass is 10.0. The topological polar surface area (TPSA) is 55.3 Å². The van der Waals surface area contributed by atoms with Crippen LogP contribution in [0.1, 0.15) is 40.5 Å². The zero-order valence-electron chi connectivity index (χ0n) is 17.3. The molecule has 0 saturated carbocycles. The van der Waals surface area contributed by atoms with Crippen molar-refractivity contribution in [3.05, 3.63) is 0 Å². The highest BCUT2D eigenvalue weighted by molar-refractivity contribution is 14.0. The van der Waals surface area contributed by atoms with E-state index in [2.05, 4.69) is 37.9 Å². The molecule has 7 heteroatoms. The molecule has 0 amide bonds. The van der Waals surface area contributed by atoms with Gasteiger partial charge in [0.25, 0.3) is 0 Å². The summed E-state index contributed by atoms with van der Waals surface area (Å²) in [4.78, 5) is 7.19. The normalized spacial score (nSPS) is 18.9. The van der Waals surface area contributed by atoms with Crippen LogP contribution in [0.15, 0.2) is 4.99 Å². The van der Waals surface area contributed by atoms with Crippen molar-refractivity contribution < 1.29 is 14.2 Å². The molecule has 1 rings (SSSR count). The number of rotatable bonds is 12. The van der Waals surface area contributed by atoms with Gasteiger partial charge in [0, 0.05) is 45.8 Å². The minimum absolute atomic E-state index is 0. The first-order chi connectivity index (χ1) is 12.1. The molecule has 1 aliphatic heterocycles. The molecule has 156 valence electrons. The van der Waals surface area contributed by atoms with Gasteiger partial charge in [-0.15, -0.1) is 24.0 Å². The second kappa shape index (κ2) is 15.9. The molecule has 0 aromatic rings. The third-order valence-electron chi connectivity index (χ3n) is 4.51. The zero-order valence-corrected chi connectivity index (χ0v) is 19.7. The van der Waals surface area contributed by atoms with Crippen molar-refractivity contribution in [1.82, 2.24) is 10.2 Å². The molecule has 0 aromatic carbocycles. The summed E-state index contributed by atoms with van der Waals surface area (Å²) in [5.41, 5.74) is 0. The summed E-state index contributed by atoms with van der Waals surface area (Å²) in [6.45, 7) is 15.3. The lowest BCUT2D eigenvalue weighted by molar-refractivity contribution is 0.0266. The summed E-state index contributed by atoms with van der Waals surface area (Å²) in [5.74, 6) is 2.13. The highest BCUT2D eigenvalue weighted by Crippen LogP contribution is 2.17. The average Bonchev–Trinajstić information content (AvgIpc) is 3.05. The average molecular weight is 485 g/mol. The van der Waals surface area contributed by atoms with Gasteiger partial charge < -0.3 is 24.4 Å². The molecule has 0 aliphatic carbocycles. The lowest BCUT2D eigenvalue weighted by Crippen LogP contribution is -2.40. The van der Waals surface area contributed by atoms with Crippen molar-refractivity contribution in [1.29, 1.82) is 0 Å². The Labute approximate surface area is 177 Å². The first kappa shape index (κ1) is 25.9. The van der Waals surface area contributed by atoms with Crippen LogP contribution in [0, 0.1) is 11.8 Å². The Morgan fingerprint density at radius 1 is 1.27 bits per heavy atom. The van der Waals surface area contributed by atoms with E-state index in [9.17, 15) is 0 Å². The molecular weight excluding hydrogens is 445 g/mol. The maximum Gasteiger partial charge on any atom is 0.193 e. The van der Waals surface area contributed by atoms with Gasteiger partial charge >= 0.3 is 0 Å². The van der Waals surface area contributed by atoms with E-state index in [1.54, 1.807) is 7.11 Å². The quantitative estimate of drug-likeness (QED) is 0.199. The zero-order chi connectivity index (χ0) is 18.5. The molecular formula is C19H40IN3O3. The molecule has 1 fully saturated rings. The molecule has 0 bridgehead atoms. The number of guanidine groups is 1. The van der Waals surface area contributed by atoms with Crippen LogP contribution in [0.4, 0.5) is 0 Å². The number of likely N-dealkylation sites (tertiary alicyclic amines) is 1. The molecule has 26 heavy (non-hydrogen) atoms. The van der Waals surface area contributed by atoms with Gasteiger partial charge in [-0.1, -0.05) is 13.8 Å². The monoisotopic (exact) mass is 485 g/mol. The fourth-order valence-electron chi connectivity index (χ4n) is 3.10. The smallest absolute Gasteiger partial charge is 0.193 e. The van der Waals surface area contributed by atoms with Crippen molar-refractivity contribution in [3.63, 3.8) is 0 Å². The predicted molar refractivity (Wildman–Crippen MR) is 119 cm³/mol. The van der Waals surface area contributed by atoms with E-state index in [1.807, 2.05) is 0 Å². The number of hydrogen-bond donors (Lipinski definition) is 1. The van der Waals surface area contributed by atoms with Gasteiger partial charge in [-0.3, -0.25) is 4.99 Å². The van der Waals surface area contributed by atoms with Crippen LogP contribution in [0.2, 0.25) is 0 Å². The first-order valence-corrected chi connectivity index (χ1v) is 9.83. The summed E-state index contributed by atoms with van der Waals surface area (Å²) in [7, 11) is 1.70. The fraction of sp³-hybridized carbons (Fsp3) is 0.947. The number of nitrogens with zero attached hydrogens (tertiary/aromatic N) is 2. The molecule has 0 radical (unpaired) electrons. The molecule has 6 nitrogen and oxygen atoms in total. The maximum atomic E-state index is 5.82. The van der Waals surface area contributed by atoms with Gasteiger partial charge in [-0.25, -0.2) is 0 Å². The summed E-state index contributed by atoms with van der Waals surface area (Å²) >= 11 is 0. The Kier molecular flexibility index (Phi) is 15.8. The Bertz CT molecular complexity index is 370. The fourth-order valence-corrected chi connectivity index (χ4v) is 3.10. The molecule has 2 atom stereocenters. The third kappa shape index (κ3) is 10.3. The van der Waals surface area contributed by atoms with E-state index in [-0.39, 0.29) is 30.1 Å². The molecule has 0 spiro atoms. The number of nitrogens with one attached hydrogen (secondary N) is 1. The second-order valence-corrected chi connectivity index (χ2v) is 6.93. The van der Waals surface area contributed by atoms with Crippen LogP contribution in [0.5, 0.6) is 0 Å². The van der Waals surface area contributed by atoms with E-state index >= 15 is 0 Å². The van der Waals surface area contributed by atoms with E-state index < -0.39 is 0 Å². The molecule has 1 N–H and O–H groups in total. The van der Waals surface area contributed by atoms with Crippen LogP contribution in [-0.4, -0.2) is 76.7 Å². The van der Waals surface area contributed by atoms with E-state index in [4.69, 9.17) is 19.2 Å². The number of ether oxygens (including phenoxy) is 3. The summed E-state index contributed by atoms with van der Waals surface area (Å²) in [6, 6.07) is 0. The molecule has 2 unspecified atom stereocenters. The van der Waals surface area contributed by atoms with Crippen LogP contribution >= 0.6 is 24.0 Å². The van der Waals surface area contributed by atoms with Crippen molar-refractivity contribution >= 4 is 29.9 Å². The SMILES string of the molecule is CCNC(=NCCC(OCC)C(C)C)N1CCC(COCCOC)C1.I. The van der Waals surface area contributed by atoms with Crippen LogP contribution in [0.25, 0.3) is 0 Å². The van der Waals surface area contributed by atoms with Crippen LogP contribution in [0.3, 0.4) is 0 Å². The Morgan fingerprint density at radius 2 is 2.04 bits per heavy atom. The van der Waals surface area contributed by atoms with E-state index in [1.165, 1.54) is 0 Å². The van der Waals surface area contributed by atoms with E-state index in [0.29, 0.717) is 25.0 Å². The van der Waals surface area contributed by atoms with Gasteiger partial charge in [0.1, 0.15) is 0 Å². The minimum Gasteiger partial charge on any atom is -0.382 e. The molecule has 1 saturated heterocycles. The summed E-state index contributed by atoms with van der Waals surface area (Å²) in [6.07, 6.45) is 2.42. The van der Waals surface area contributed by atoms with Crippen molar-refractivity contribution in [3.8, 4) is 0 Å². The van der Waals surface area contributed by atoms with E-state index in [0.717, 1.165) is 58.2 Å². The van der Waals surface area contributed by atoms with Crippen LogP contribution < -0.4 is 5.32 Å². The Morgan fingerprint density at radius 3 is 2.65 bits per heavy atom. The highest BCUT2D eigenvalue weighted by atomic mass is 127. The Hall–Kier alpha value is -0.120. The highest BCUT2D eigenvalue weighted by Gasteiger charge is 2.25. The van der Waals surface area contributed by atoms with Gasteiger partial charge in [-0.05, 0) is 32.6 Å². The maximum absolute atomic E-state index is 5.82.